The second-order valence-corrected chi connectivity index (χ2v) is 9.47. The van der Waals surface area contributed by atoms with Crippen LogP contribution in [-0.2, 0) is 10.0 Å². The summed E-state index contributed by atoms with van der Waals surface area (Å²) in [5.41, 5.74) is 1.30. The molecule has 0 aromatic heterocycles. The van der Waals surface area contributed by atoms with Crippen LogP contribution in [0.3, 0.4) is 0 Å². The lowest BCUT2D eigenvalue weighted by Gasteiger charge is -2.27. The molecule has 0 saturated carbocycles. The maximum absolute atomic E-state index is 11.9. The average Bonchev–Trinajstić information content (AvgIpc) is 3.33. The van der Waals surface area contributed by atoms with Gasteiger partial charge in [-0.25, -0.2) is 12.7 Å². The van der Waals surface area contributed by atoms with E-state index in [9.17, 15) is 8.42 Å². The van der Waals surface area contributed by atoms with E-state index < -0.39 is 10.0 Å². The van der Waals surface area contributed by atoms with Crippen molar-refractivity contribution in [2.45, 2.75) is 32.2 Å². The predicted octanol–water partition coefficient (Wildman–Crippen LogP) is 2.03. The third-order valence-corrected chi connectivity index (χ3v) is 7.35. The van der Waals surface area contributed by atoms with Crippen molar-refractivity contribution >= 4 is 40.0 Å². The summed E-state index contributed by atoms with van der Waals surface area (Å²) in [7, 11) is -3.04. The van der Waals surface area contributed by atoms with Crippen LogP contribution in [0, 0.1) is 0 Å². The molecule has 1 aromatic rings. The van der Waals surface area contributed by atoms with Crippen molar-refractivity contribution < 1.29 is 8.42 Å². The first-order chi connectivity index (χ1) is 13.6. The number of hydrogen-bond acceptors (Lipinski definition) is 4. The van der Waals surface area contributed by atoms with Crippen molar-refractivity contribution in [3.05, 3.63) is 35.9 Å². The molecule has 3 rings (SSSR count). The van der Waals surface area contributed by atoms with E-state index in [2.05, 4.69) is 39.8 Å². The number of rotatable bonds is 8. The van der Waals surface area contributed by atoms with Gasteiger partial charge in [0, 0.05) is 26.2 Å². The fourth-order valence-electron chi connectivity index (χ4n) is 3.92. The fourth-order valence-corrected chi connectivity index (χ4v) is 5.45. The minimum atomic E-state index is -3.04. The maximum Gasteiger partial charge on any atom is 0.214 e. The third-order valence-electron chi connectivity index (χ3n) is 5.39. The number of nitrogens with zero attached hydrogens (tertiary/aromatic N) is 3. The molecule has 0 bridgehead atoms. The van der Waals surface area contributed by atoms with E-state index in [1.807, 2.05) is 13.0 Å². The molecule has 2 aliphatic rings. The van der Waals surface area contributed by atoms with E-state index in [4.69, 9.17) is 4.99 Å². The average molecular weight is 535 g/mol. The molecule has 164 valence electrons. The van der Waals surface area contributed by atoms with Gasteiger partial charge in [-0.2, -0.15) is 0 Å². The topological polar surface area (TPSA) is 77.0 Å². The SMILES string of the molecule is CCNC(=NCC(c1ccccc1)N1CCCC1)NCCN1CCCS1(=O)=O.I. The lowest BCUT2D eigenvalue weighted by molar-refractivity contribution is 0.251. The van der Waals surface area contributed by atoms with Crippen LogP contribution < -0.4 is 10.6 Å². The smallest absolute Gasteiger partial charge is 0.214 e. The molecule has 0 radical (unpaired) electrons. The van der Waals surface area contributed by atoms with Gasteiger partial charge in [0.15, 0.2) is 5.96 Å². The summed E-state index contributed by atoms with van der Waals surface area (Å²) in [6.07, 6.45) is 3.22. The van der Waals surface area contributed by atoms with Crippen molar-refractivity contribution in [3.8, 4) is 0 Å². The molecule has 1 aromatic carbocycles. The summed E-state index contributed by atoms with van der Waals surface area (Å²) in [5.74, 6) is 1.02. The lowest BCUT2D eigenvalue weighted by atomic mass is 10.1. The van der Waals surface area contributed by atoms with Gasteiger partial charge in [0.2, 0.25) is 10.0 Å². The zero-order valence-electron chi connectivity index (χ0n) is 17.2. The Hall–Kier alpha value is -0.910. The summed E-state index contributed by atoms with van der Waals surface area (Å²) in [5, 5.41) is 6.58. The molecule has 0 aliphatic carbocycles. The van der Waals surface area contributed by atoms with Gasteiger partial charge in [-0.1, -0.05) is 30.3 Å². The van der Waals surface area contributed by atoms with Crippen LogP contribution >= 0.6 is 24.0 Å². The quantitative estimate of drug-likeness (QED) is 0.303. The Bertz CT molecular complexity index is 738. The molecule has 0 spiro atoms. The highest BCUT2D eigenvalue weighted by molar-refractivity contribution is 14.0. The van der Waals surface area contributed by atoms with Crippen LogP contribution in [0.25, 0.3) is 0 Å². The molecule has 7 nitrogen and oxygen atoms in total. The van der Waals surface area contributed by atoms with Crippen molar-refractivity contribution in [3.63, 3.8) is 0 Å². The van der Waals surface area contributed by atoms with E-state index in [0.29, 0.717) is 26.2 Å². The summed E-state index contributed by atoms with van der Waals surface area (Å²) >= 11 is 0. The highest BCUT2D eigenvalue weighted by atomic mass is 127. The molecular formula is C20H34IN5O2S. The molecule has 1 atom stereocenters. The molecule has 2 heterocycles. The summed E-state index contributed by atoms with van der Waals surface area (Å²) in [6.45, 7) is 7.40. The largest absolute Gasteiger partial charge is 0.357 e. The zero-order chi connectivity index (χ0) is 19.8. The maximum atomic E-state index is 11.9. The van der Waals surface area contributed by atoms with E-state index in [1.54, 1.807) is 4.31 Å². The Labute approximate surface area is 192 Å². The lowest BCUT2D eigenvalue weighted by Crippen LogP contribution is -2.42. The molecule has 2 saturated heterocycles. The number of benzene rings is 1. The van der Waals surface area contributed by atoms with Gasteiger partial charge < -0.3 is 10.6 Å². The summed E-state index contributed by atoms with van der Waals surface area (Å²) < 4.78 is 25.4. The molecule has 1 unspecified atom stereocenters. The molecule has 9 heteroatoms. The molecule has 2 N–H and O–H groups in total. The number of aliphatic imine (C=N–C) groups is 1. The first-order valence-electron chi connectivity index (χ1n) is 10.4. The number of sulfonamides is 1. The van der Waals surface area contributed by atoms with Crippen molar-refractivity contribution in [2.75, 3.05) is 51.6 Å². The van der Waals surface area contributed by atoms with Crippen LogP contribution in [-0.4, -0.2) is 75.1 Å². The Morgan fingerprint density at radius 1 is 1.10 bits per heavy atom. The number of guanidine groups is 1. The van der Waals surface area contributed by atoms with Crippen LogP contribution in [0.2, 0.25) is 0 Å². The normalized spacial score (nSPS) is 20.9. The predicted molar refractivity (Wildman–Crippen MR) is 129 cm³/mol. The van der Waals surface area contributed by atoms with Crippen molar-refractivity contribution in [2.24, 2.45) is 4.99 Å². The van der Waals surface area contributed by atoms with E-state index >= 15 is 0 Å². The van der Waals surface area contributed by atoms with Crippen LogP contribution in [0.4, 0.5) is 0 Å². The second kappa shape index (κ2) is 12.1. The minimum Gasteiger partial charge on any atom is -0.357 e. The Kier molecular flexibility index (Phi) is 10.1. The Balaban J connectivity index is 0.00000300. The fraction of sp³-hybridized carbons (Fsp3) is 0.650. The van der Waals surface area contributed by atoms with Gasteiger partial charge in [0.1, 0.15) is 0 Å². The summed E-state index contributed by atoms with van der Waals surface area (Å²) in [6, 6.07) is 10.8. The van der Waals surface area contributed by atoms with Crippen LogP contribution in [0.15, 0.2) is 35.3 Å². The number of halogens is 1. The van der Waals surface area contributed by atoms with Gasteiger partial charge in [-0.15, -0.1) is 24.0 Å². The Morgan fingerprint density at radius 3 is 2.45 bits per heavy atom. The molecule has 0 amide bonds. The van der Waals surface area contributed by atoms with E-state index in [-0.39, 0.29) is 35.8 Å². The third kappa shape index (κ3) is 7.08. The van der Waals surface area contributed by atoms with Gasteiger partial charge in [0.25, 0.3) is 0 Å². The van der Waals surface area contributed by atoms with Crippen molar-refractivity contribution in [1.29, 1.82) is 0 Å². The zero-order valence-corrected chi connectivity index (χ0v) is 20.4. The highest BCUT2D eigenvalue weighted by Crippen LogP contribution is 2.25. The van der Waals surface area contributed by atoms with Crippen LogP contribution in [0.1, 0.15) is 37.8 Å². The van der Waals surface area contributed by atoms with Gasteiger partial charge in [0.05, 0.1) is 18.3 Å². The molecular weight excluding hydrogens is 501 g/mol. The second-order valence-electron chi connectivity index (χ2n) is 7.38. The molecule has 29 heavy (non-hydrogen) atoms. The molecule has 2 fully saturated rings. The van der Waals surface area contributed by atoms with Gasteiger partial charge in [-0.3, -0.25) is 9.89 Å². The monoisotopic (exact) mass is 535 g/mol. The van der Waals surface area contributed by atoms with Gasteiger partial charge in [-0.05, 0) is 44.8 Å². The van der Waals surface area contributed by atoms with Crippen molar-refractivity contribution in [1.82, 2.24) is 19.8 Å². The highest BCUT2D eigenvalue weighted by Gasteiger charge is 2.27. The minimum absolute atomic E-state index is 0. The number of likely N-dealkylation sites (tertiary alicyclic amines) is 1. The van der Waals surface area contributed by atoms with Crippen LogP contribution in [0.5, 0.6) is 0 Å². The van der Waals surface area contributed by atoms with E-state index in [1.165, 1.54) is 18.4 Å². The van der Waals surface area contributed by atoms with E-state index in [0.717, 1.165) is 32.0 Å². The first kappa shape index (κ1) is 24.4. The standard InChI is InChI=1S/C20H33N5O2S.HI/c1-2-21-20(22-11-15-25-14-8-16-28(25,26)27)23-17-19(24-12-6-7-13-24)18-9-4-3-5-10-18;/h3-5,9-10,19H,2,6-8,11-17H2,1H3,(H2,21,22,23);1H. The van der Waals surface area contributed by atoms with Gasteiger partial charge >= 0.3 is 0 Å². The summed E-state index contributed by atoms with van der Waals surface area (Å²) in [4.78, 5) is 7.33. The Morgan fingerprint density at radius 2 is 1.83 bits per heavy atom. The number of nitrogens with one attached hydrogen (secondary N) is 2. The molecule has 2 aliphatic heterocycles. The first-order valence-corrected chi connectivity index (χ1v) is 12.0. The number of hydrogen-bond donors (Lipinski definition) is 2.